The zero-order valence-electron chi connectivity index (χ0n) is 27.2. The van der Waals surface area contributed by atoms with Gasteiger partial charge in [0.1, 0.15) is 5.84 Å². The second kappa shape index (κ2) is 22.5. The maximum Gasteiger partial charge on any atom is 0.278 e. The van der Waals surface area contributed by atoms with Gasteiger partial charge in [0.25, 0.3) is 11.8 Å². The summed E-state index contributed by atoms with van der Waals surface area (Å²) in [7, 11) is 5.31. The number of nitrogens with zero attached hydrogens (tertiary/aromatic N) is 4. The van der Waals surface area contributed by atoms with Crippen molar-refractivity contribution < 1.29 is 14.7 Å². The lowest BCUT2D eigenvalue weighted by atomic mass is 10.0. The molecule has 1 aliphatic rings. The van der Waals surface area contributed by atoms with Crippen LogP contribution in [0.15, 0.2) is 96.2 Å². The van der Waals surface area contributed by atoms with Crippen molar-refractivity contribution in [3.8, 4) is 0 Å². The number of likely N-dealkylation sites (N-methyl/N-ethyl adjacent to an activating group) is 1. The Kier molecular flexibility index (Phi) is 20.1. The average molecular weight is 631 g/mol. The number of aromatic nitrogens is 2. The van der Waals surface area contributed by atoms with E-state index in [-0.39, 0.29) is 30.3 Å². The fourth-order valence-corrected chi connectivity index (χ4v) is 3.68. The van der Waals surface area contributed by atoms with E-state index in [0.717, 1.165) is 17.7 Å². The topological polar surface area (TPSA) is 170 Å². The molecule has 0 bridgehead atoms. The molecular weight excluding hydrogens is 580 g/mol. The van der Waals surface area contributed by atoms with Gasteiger partial charge >= 0.3 is 0 Å². The van der Waals surface area contributed by atoms with Crippen LogP contribution in [0.3, 0.4) is 0 Å². The van der Waals surface area contributed by atoms with Crippen molar-refractivity contribution in [2.75, 3.05) is 27.7 Å². The molecule has 0 spiro atoms. The summed E-state index contributed by atoms with van der Waals surface area (Å²) >= 11 is 0. The molecule has 6 N–H and O–H groups in total. The van der Waals surface area contributed by atoms with Crippen LogP contribution in [0, 0.1) is 5.41 Å². The minimum Gasteiger partial charge on any atom is -0.389 e. The molecule has 4 rings (SSSR count). The Hall–Kier alpha value is -5.00. The van der Waals surface area contributed by atoms with Crippen LogP contribution in [0.2, 0.25) is 0 Å². The highest BCUT2D eigenvalue weighted by atomic mass is 16.3. The highest BCUT2D eigenvalue weighted by Crippen LogP contribution is 2.18. The second-order valence-corrected chi connectivity index (χ2v) is 9.61. The van der Waals surface area contributed by atoms with Crippen molar-refractivity contribution in [1.29, 1.82) is 5.41 Å². The Bertz CT molecular complexity index is 1450. The molecule has 0 saturated heterocycles. The number of hydrogen-bond donors (Lipinski definition) is 5. The third-order valence-electron chi connectivity index (χ3n) is 5.98. The first-order valence-corrected chi connectivity index (χ1v) is 14.6. The maximum absolute atomic E-state index is 12.5. The molecule has 0 fully saturated rings. The SMILES string of the molecule is C.CC.CC(=N)c1cccnc1.CNC(=O)c1cc(C(=O)N=C(N)C2=CC=CN(C)C2)cc(C(C)O)c1.CNCc1cccnc1. The number of aliphatic imine (C=N–C) groups is 1. The van der Waals surface area contributed by atoms with E-state index in [1.165, 1.54) is 30.8 Å². The Morgan fingerprint density at radius 3 is 2.17 bits per heavy atom. The molecule has 3 heterocycles. The Balaban J connectivity index is 0.000000786. The number of benzene rings is 1. The third kappa shape index (κ3) is 14.7. The molecule has 1 aliphatic heterocycles. The van der Waals surface area contributed by atoms with Crippen LogP contribution < -0.4 is 16.4 Å². The fraction of sp³-hybridized carbons (Fsp3) is 0.314. The van der Waals surface area contributed by atoms with Crippen LogP contribution in [-0.2, 0) is 6.54 Å². The Morgan fingerprint density at radius 1 is 1.07 bits per heavy atom. The molecule has 1 atom stereocenters. The minimum atomic E-state index is -0.822. The van der Waals surface area contributed by atoms with Crippen molar-refractivity contribution in [3.63, 3.8) is 0 Å². The second-order valence-electron chi connectivity index (χ2n) is 9.61. The largest absolute Gasteiger partial charge is 0.389 e. The number of carbonyl (C=O) groups is 2. The molecule has 46 heavy (non-hydrogen) atoms. The van der Waals surface area contributed by atoms with Gasteiger partial charge in [-0.2, -0.15) is 4.99 Å². The lowest BCUT2D eigenvalue weighted by Crippen LogP contribution is -2.27. The monoisotopic (exact) mass is 630 g/mol. The predicted octanol–water partition coefficient (Wildman–Crippen LogP) is 4.92. The van der Waals surface area contributed by atoms with E-state index in [0.29, 0.717) is 17.8 Å². The summed E-state index contributed by atoms with van der Waals surface area (Å²) < 4.78 is 0. The number of pyridine rings is 2. The van der Waals surface area contributed by atoms with E-state index in [2.05, 4.69) is 25.6 Å². The highest BCUT2D eigenvalue weighted by Gasteiger charge is 2.16. The third-order valence-corrected chi connectivity index (χ3v) is 5.98. The van der Waals surface area contributed by atoms with Crippen LogP contribution >= 0.6 is 0 Å². The summed E-state index contributed by atoms with van der Waals surface area (Å²) in [5, 5.41) is 22.5. The smallest absolute Gasteiger partial charge is 0.278 e. The molecule has 0 saturated carbocycles. The lowest BCUT2D eigenvalue weighted by molar-refractivity contribution is 0.0962. The normalized spacial score (nSPS) is 12.2. The van der Waals surface area contributed by atoms with Crippen molar-refractivity contribution in [3.05, 3.63) is 119 Å². The van der Waals surface area contributed by atoms with Gasteiger partial charge in [0, 0.05) is 79.9 Å². The summed E-state index contributed by atoms with van der Waals surface area (Å²) in [6.45, 7) is 8.75. The summed E-state index contributed by atoms with van der Waals surface area (Å²) in [4.78, 5) is 38.0. The number of nitrogens with two attached hydrogens (primary N) is 1. The van der Waals surface area contributed by atoms with Gasteiger partial charge in [-0.15, -0.1) is 0 Å². The van der Waals surface area contributed by atoms with E-state index in [1.807, 2.05) is 75.6 Å². The van der Waals surface area contributed by atoms with Gasteiger partial charge in [-0.1, -0.05) is 39.5 Å². The van der Waals surface area contributed by atoms with E-state index in [1.54, 1.807) is 38.5 Å². The molecular formula is C35H50N8O3. The number of amides is 2. The molecule has 3 aromatic rings. The van der Waals surface area contributed by atoms with Crippen molar-refractivity contribution in [2.24, 2.45) is 10.7 Å². The van der Waals surface area contributed by atoms with Crippen LogP contribution in [0.4, 0.5) is 0 Å². The number of aliphatic hydroxyl groups is 1. The van der Waals surface area contributed by atoms with Crippen molar-refractivity contribution in [1.82, 2.24) is 25.5 Å². The highest BCUT2D eigenvalue weighted by molar-refractivity contribution is 6.09. The maximum atomic E-state index is 12.5. The number of allylic oxidation sites excluding steroid dienone is 2. The first kappa shape index (κ1) is 41.0. The number of aliphatic hydroxyl groups excluding tert-OH is 1. The van der Waals surface area contributed by atoms with Gasteiger partial charge in [0.05, 0.1) is 6.10 Å². The molecule has 11 nitrogen and oxygen atoms in total. The molecule has 1 unspecified atom stereocenters. The molecule has 2 aromatic heterocycles. The zero-order chi connectivity index (χ0) is 33.8. The van der Waals surface area contributed by atoms with Gasteiger partial charge < -0.3 is 31.8 Å². The number of nitrogens with one attached hydrogen (secondary N) is 3. The number of rotatable bonds is 7. The van der Waals surface area contributed by atoms with Gasteiger partial charge in [-0.25, -0.2) is 0 Å². The summed E-state index contributed by atoms with van der Waals surface area (Å²) in [5.41, 5.74) is 10.3. The van der Waals surface area contributed by atoms with E-state index >= 15 is 0 Å². The summed E-state index contributed by atoms with van der Waals surface area (Å²) in [5.74, 6) is -0.788. The number of carbonyl (C=O) groups excluding carboxylic acids is 2. The first-order chi connectivity index (χ1) is 21.5. The van der Waals surface area contributed by atoms with Crippen LogP contribution in [0.25, 0.3) is 0 Å². The summed E-state index contributed by atoms with van der Waals surface area (Å²) in [6, 6.07) is 12.2. The van der Waals surface area contributed by atoms with Crippen LogP contribution in [-0.4, -0.2) is 71.0 Å². The molecule has 2 amide bonds. The van der Waals surface area contributed by atoms with E-state index in [9.17, 15) is 14.7 Å². The number of amidine groups is 1. The Labute approximate surface area is 273 Å². The fourth-order valence-electron chi connectivity index (χ4n) is 3.68. The predicted molar refractivity (Wildman–Crippen MR) is 188 cm³/mol. The Morgan fingerprint density at radius 2 is 1.70 bits per heavy atom. The van der Waals surface area contributed by atoms with Gasteiger partial charge in [-0.3, -0.25) is 19.6 Å². The molecule has 11 heteroatoms. The molecule has 0 radical (unpaired) electrons. The van der Waals surface area contributed by atoms with Crippen molar-refractivity contribution >= 4 is 23.4 Å². The van der Waals surface area contributed by atoms with Crippen LogP contribution in [0.1, 0.15) is 78.6 Å². The summed E-state index contributed by atoms with van der Waals surface area (Å²) in [6.07, 6.45) is 11.7. The minimum absolute atomic E-state index is 0. The van der Waals surface area contributed by atoms with Gasteiger partial charge in [-0.05, 0) is 74.6 Å². The van der Waals surface area contributed by atoms with E-state index in [4.69, 9.17) is 11.1 Å². The molecule has 0 aliphatic carbocycles. The van der Waals surface area contributed by atoms with E-state index < -0.39 is 12.0 Å². The average Bonchev–Trinajstić information content (AvgIpc) is 3.06. The molecule has 248 valence electrons. The number of hydrogen-bond acceptors (Lipinski definition) is 8. The van der Waals surface area contributed by atoms with Gasteiger partial charge in [0.2, 0.25) is 0 Å². The quantitative estimate of drug-likeness (QED) is 0.181. The first-order valence-electron chi connectivity index (χ1n) is 14.6. The van der Waals surface area contributed by atoms with Crippen LogP contribution in [0.5, 0.6) is 0 Å². The molecule has 1 aromatic carbocycles. The van der Waals surface area contributed by atoms with Gasteiger partial charge in [0.15, 0.2) is 0 Å². The lowest BCUT2D eigenvalue weighted by Gasteiger charge is -2.19. The standard InChI is InChI=1S/C18H22N4O3.C7H10N2.C7H8N2.C2H6.CH4/c1-11(23)13-7-14(17(24)20-2)9-15(8-13)18(25)21-16(19)12-5-4-6-22(3)10-12;1-8-5-7-3-2-4-9-6-7;1-6(8)7-3-2-4-9-5-7;1-2;/h4-9,11,23H,10H2,1-3H3,(H,20,24)(H2,19,21,25);2-4,6,8H,5H2,1H3;2-5,8H,1H3;1-2H3;1H4. The van der Waals surface area contributed by atoms with Crippen molar-refractivity contribution in [2.45, 2.75) is 47.8 Å². The zero-order valence-corrected chi connectivity index (χ0v) is 27.2.